The van der Waals surface area contributed by atoms with Crippen molar-refractivity contribution in [3.63, 3.8) is 0 Å². The normalized spacial score (nSPS) is 23.6. The molecule has 0 aromatic heterocycles. The monoisotopic (exact) mass is 192 g/mol. The molecular formula is C12H16O2. The Bertz CT molecular complexity index is 265. The third-order valence-electron chi connectivity index (χ3n) is 2.51. The lowest BCUT2D eigenvalue weighted by Gasteiger charge is -2.17. The molecule has 1 aromatic rings. The van der Waals surface area contributed by atoms with E-state index >= 15 is 0 Å². The number of hydrogen-bond acceptors (Lipinski definition) is 2. The van der Waals surface area contributed by atoms with E-state index < -0.39 is 0 Å². The van der Waals surface area contributed by atoms with Gasteiger partial charge >= 0.3 is 0 Å². The Balaban J connectivity index is 1.92. The fourth-order valence-corrected chi connectivity index (χ4v) is 1.69. The zero-order valence-corrected chi connectivity index (χ0v) is 8.48. The van der Waals surface area contributed by atoms with Crippen LogP contribution in [0.3, 0.4) is 0 Å². The van der Waals surface area contributed by atoms with Gasteiger partial charge in [-0.2, -0.15) is 0 Å². The van der Waals surface area contributed by atoms with Crippen LogP contribution in [-0.2, 0) is 9.47 Å². The molecule has 0 amide bonds. The molecule has 0 aliphatic carbocycles. The van der Waals surface area contributed by atoms with Crippen LogP contribution in [0.1, 0.15) is 31.4 Å². The summed E-state index contributed by atoms with van der Waals surface area (Å²) in [5, 5.41) is 0. The summed E-state index contributed by atoms with van der Waals surface area (Å²) in [5.41, 5.74) is 1.21. The van der Waals surface area contributed by atoms with Crippen LogP contribution in [0, 0.1) is 0 Å². The molecule has 2 heteroatoms. The van der Waals surface area contributed by atoms with Crippen LogP contribution < -0.4 is 0 Å². The first-order chi connectivity index (χ1) is 6.86. The first-order valence-electron chi connectivity index (χ1n) is 5.18. The molecule has 2 rings (SSSR count). The van der Waals surface area contributed by atoms with Crippen molar-refractivity contribution in [2.45, 2.75) is 32.2 Å². The van der Waals surface area contributed by atoms with Crippen LogP contribution in [0.25, 0.3) is 0 Å². The number of ether oxygens (including phenoxy) is 2. The Morgan fingerprint density at radius 1 is 1.36 bits per heavy atom. The van der Waals surface area contributed by atoms with Gasteiger partial charge in [0.15, 0.2) is 6.29 Å². The van der Waals surface area contributed by atoms with Crippen molar-refractivity contribution in [2.24, 2.45) is 0 Å². The Labute approximate surface area is 84.8 Å². The molecule has 2 atom stereocenters. The zero-order valence-electron chi connectivity index (χ0n) is 8.48. The summed E-state index contributed by atoms with van der Waals surface area (Å²) in [6.07, 6.45) is 2.27. The molecule has 2 nitrogen and oxygen atoms in total. The molecule has 0 bridgehead atoms. The van der Waals surface area contributed by atoms with Crippen molar-refractivity contribution in [1.82, 2.24) is 0 Å². The fraction of sp³-hybridized carbons (Fsp3) is 0.500. The molecule has 1 aliphatic heterocycles. The van der Waals surface area contributed by atoms with Crippen LogP contribution in [-0.4, -0.2) is 12.9 Å². The van der Waals surface area contributed by atoms with Gasteiger partial charge in [0, 0.05) is 13.0 Å². The van der Waals surface area contributed by atoms with E-state index in [1.165, 1.54) is 5.56 Å². The minimum Gasteiger partial charge on any atom is -0.353 e. The van der Waals surface area contributed by atoms with Gasteiger partial charge in [-0.3, -0.25) is 0 Å². The smallest absolute Gasteiger partial charge is 0.158 e. The van der Waals surface area contributed by atoms with E-state index in [2.05, 4.69) is 19.1 Å². The summed E-state index contributed by atoms with van der Waals surface area (Å²) in [5.74, 6) is 0. The first-order valence-corrected chi connectivity index (χ1v) is 5.18. The summed E-state index contributed by atoms with van der Waals surface area (Å²) in [6, 6.07) is 10.2. The van der Waals surface area contributed by atoms with Crippen molar-refractivity contribution in [1.29, 1.82) is 0 Å². The van der Waals surface area contributed by atoms with Gasteiger partial charge in [-0.25, -0.2) is 0 Å². The lowest BCUT2D eigenvalue weighted by atomic mass is 10.1. The van der Waals surface area contributed by atoms with Crippen molar-refractivity contribution >= 4 is 0 Å². The second kappa shape index (κ2) is 4.58. The van der Waals surface area contributed by atoms with Crippen LogP contribution >= 0.6 is 0 Å². The molecular weight excluding hydrogens is 176 g/mol. The van der Waals surface area contributed by atoms with Crippen LogP contribution in [0.15, 0.2) is 30.3 Å². The third kappa shape index (κ3) is 2.34. The third-order valence-corrected chi connectivity index (χ3v) is 2.51. The highest BCUT2D eigenvalue weighted by Crippen LogP contribution is 2.23. The summed E-state index contributed by atoms with van der Waals surface area (Å²) >= 11 is 0. The van der Waals surface area contributed by atoms with Crippen LogP contribution in [0.5, 0.6) is 0 Å². The fourth-order valence-electron chi connectivity index (χ4n) is 1.69. The highest BCUT2D eigenvalue weighted by molar-refractivity contribution is 5.16. The van der Waals surface area contributed by atoms with E-state index in [0.717, 1.165) is 19.4 Å². The molecule has 1 saturated heterocycles. The summed E-state index contributed by atoms with van der Waals surface area (Å²) in [4.78, 5) is 0. The van der Waals surface area contributed by atoms with Gasteiger partial charge in [0.25, 0.3) is 0 Å². The molecule has 2 unspecified atom stereocenters. The average molecular weight is 192 g/mol. The predicted octanol–water partition coefficient (Wildman–Crippen LogP) is 2.90. The summed E-state index contributed by atoms with van der Waals surface area (Å²) < 4.78 is 11.2. The van der Waals surface area contributed by atoms with Crippen LogP contribution in [0.4, 0.5) is 0 Å². The SMILES string of the molecule is CC(OC1CCCO1)c1ccccc1. The highest BCUT2D eigenvalue weighted by Gasteiger charge is 2.19. The molecule has 1 fully saturated rings. The lowest BCUT2D eigenvalue weighted by molar-refractivity contribution is -0.140. The Morgan fingerprint density at radius 2 is 2.14 bits per heavy atom. The van der Waals surface area contributed by atoms with Crippen LogP contribution in [0.2, 0.25) is 0 Å². The Hall–Kier alpha value is -0.860. The molecule has 0 saturated carbocycles. The predicted molar refractivity (Wildman–Crippen MR) is 54.9 cm³/mol. The van der Waals surface area contributed by atoms with E-state index in [0.29, 0.717) is 0 Å². The largest absolute Gasteiger partial charge is 0.353 e. The number of benzene rings is 1. The van der Waals surface area contributed by atoms with Crippen molar-refractivity contribution in [2.75, 3.05) is 6.61 Å². The highest BCUT2D eigenvalue weighted by atomic mass is 16.7. The molecule has 76 valence electrons. The van der Waals surface area contributed by atoms with Gasteiger partial charge < -0.3 is 9.47 Å². The zero-order chi connectivity index (χ0) is 9.80. The minimum absolute atomic E-state index is 0.00482. The molecule has 1 aliphatic rings. The standard InChI is InChI=1S/C12H16O2/c1-10(11-6-3-2-4-7-11)14-12-8-5-9-13-12/h2-4,6-7,10,12H,5,8-9H2,1H3. The molecule has 0 radical (unpaired) electrons. The molecule has 0 N–H and O–H groups in total. The molecule has 0 spiro atoms. The van der Waals surface area contributed by atoms with Gasteiger partial charge in [-0.05, 0) is 18.9 Å². The van der Waals surface area contributed by atoms with Crippen molar-refractivity contribution < 1.29 is 9.47 Å². The second-order valence-corrected chi connectivity index (χ2v) is 3.63. The van der Waals surface area contributed by atoms with Crippen molar-refractivity contribution in [3.8, 4) is 0 Å². The van der Waals surface area contributed by atoms with E-state index in [1.807, 2.05) is 18.2 Å². The number of rotatable bonds is 3. The maximum absolute atomic E-state index is 5.78. The van der Waals surface area contributed by atoms with Gasteiger partial charge in [0.2, 0.25) is 0 Å². The van der Waals surface area contributed by atoms with E-state index in [1.54, 1.807) is 0 Å². The van der Waals surface area contributed by atoms with Gasteiger partial charge in [0.05, 0.1) is 6.10 Å². The van der Waals surface area contributed by atoms with Gasteiger partial charge in [0.1, 0.15) is 0 Å². The maximum Gasteiger partial charge on any atom is 0.158 e. The van der Waals surface area contributed by atoms with Crippen molar-refractivity contribution in [3.05, 3.63) is 35.9 Å². The van der Waals surface area contributed by atoms with E-state index in [-0.39, 0.29) is 12.4 Å². The Kier molecular flexibility index (Phi) is 3.17. The lowest BCUT2D eigenvalue weighted by Crippen LogP contribution is -2.13. The quantitative estimate of drug-likeness (QED) is 0.733. The minimum atomic E-state index is 0.00482. The Morgan fingerprint density at radius 3 is 2.79 bits per heavy atom. The summed E-state index contributed by atoms with van der Waals surface area (Å²) in [7, 11) is 0. The molecule has 14 heavy (non-hydrogen) atoms. The average Bonchev–Trinajstić information content (AvgIpc) is 2.72. The topological polar surface area (TPSA) is 18.5 Å². The van der Waals surface area contributed by atoms with E-state index in [4.69, 9.17) is 9.47 Å². The first kappa shape index (κ1) is 9.69. The van der Waals surface area contributed by atoms with Gasteiger partial charge in [-0.1, -0.05) is 30.3 Å². The van der Waals surface area contributed by atoms with E-state index in [9.17, 15) is 0 Å². The molecule has 1 heterocycles. The van der Waals surface area contributed by atoms with Gasteiger partial charge in [-0.15, -0.1) is 0 Å². The summed E-state index contributed by atoms with van der Waals surface area (Å²) in [6.45, 7) is 2.91. The number of hydrogen-bond donors (Lipinski definition) is 0. The maximum atomic E-state index is 5.78. The molecule has 1 aromatic carbocycles. The second-order valence-electron chi connectivity index (χ2n) is 3.63.